The van der Waals surface area contributed by atoms with Crippen LogP contribution in [-0.4, -0.2) is 11.5 Å². The van der Waals surface area contributed by atoms with Crippen LogP contribution in [0.2, 0.25) is 0 Å². The summed E-state index contributed by atoms with van der Waals surface area (Å²) < 4.78 is 0. The van der Waals surface area contributed by atoms with Gasteiger partial charge in [0.15, 0.2) is 0 Å². The van der Waals surface area contributed by atoms with E-state index >= 15 is 0 Å². The topological polar surface area (TPSA) is 75.4 Å². The number of allylic oxidation sites excluding steroid dienone is 1. The maximum absolute atomic E-state index is 8.82. The maximum Gasteiger partial charge on any atom is 0.145 e. The third-order valence-corrected chi connectivity index (χ3v) is 4.68. The molecule has 3 rings (SSSR count). The Kier molecular flexibility index (Phi) is 4.42. The highest BCUT2D eigenvalue weighted by Crippen LogP contribution is 2.32. The van der Waals surface area contributed by atoms with Gasteiger partial charge in [0.25, 0.3) is 0 Å². The molecule has 2 heterocycles. The van der Waals surface area contributed by atoms with Crippen molar-refractivity contribution < 1.29 is 0 Å². The maximum atomic E-state index is 8.82. The number of aromatic amines is 1. The number of nitrogens with zero attached hydrogens (tertiary/aromatic N) is 2. The molecule has 0 saturated carbocycles. The number of H-pyrrole nitrogens is 1. The van der Waals surface area contributed by atoms with Crippen LogP contribution in [0.15, 0.2) is 59.7 Å². The van der Waals surface area contributed by atoms with Crippen LogP contribution in [0.1, 0.15) is 16.4 Å². The summed E-state index contributed by atoms with van der Waals surface area (Å²) in [5.74, 6) is 0.154. The fraction of sp³-hybridized carbons (Fsp3) is 0.111. The summed E-state index contributed by atoms with van der Waals surface area (Å²) in [5.41, 5.74) is 2.39. The molecule has 0 unspecified atom stereocenters. The molecule has 3 aromatic rings. The monoisotopic (exact) mass is 318 g/mol. The van der Waals surface area contributed by atoms with Gasteiger partial charge in [-0.3, -0.25) is 0 Å². The zero-order valence-electron chi connectivity index (χ0n) is 12.3. The molecule has 0 saturated heterocycles. The minimum Gasteiger partial charge on any atom is -0.388 e. The zero-order valence-corrected chi connectivity index (χ0v) is 13.1. The number of hydrogen-bond acceptors (Lipinski definition) is 4. The second kappa shape index (κ2) is 6.83. The van der Waals surface area contributed by atoms with E-state index in [1.54, 1.807) is 11.3 Å². The highest BCUT2D eigenvalue weighted by molar-refractivity contribution is 7.10. The van der Waals surface area contributed by atoms with Gasteiger partial charge in [-0.05, 0) is 23.1 Å². The van der Waals surface area contributed by atoms with Crippen molar-refractivity contribution in [2.75, 3.05) is 6.54 Å². The van der Waals surface area contributed by atoms with Gasteiger partial charge in [-0.15, -0.1) is 11.3 Å². The van der Waals surface area contributed by atoms with E-state index < -0.39 is 0 Å². The molecule has 0 spiro atoms. The van der Waals surface area contributed by atoms with Gasteiger partial charge in [-0.1, -0.05) is 24.3 Å². The van der Waals surface area contributed by atoms with Gasteiger partial charge in [0.1, 0.15) is 17.7 Å². The highest BCUT2D eigenvalue weighted by Gasteiger charge is 2.18. The standard InChI is InChI=1S/C18H14N4S/c19-8-13(9-20)10-21-11-16(18-6-3-7-23-18)15-12-22-17-5-2-1-4-14(15)17/h1-7,10,12,16,21-22H,11H2/t16-/m0/s1. The SMILES string of the molecule is N#CC(C#N)=CNC[C@H](c1cccs1)c1c[nH]c2ccccc12. The molecule has 0 bridgehead atoms. The molecule has 1 aromatic carbocycles. The molecule has 2 N–H and O–H groups in total. The number of para-hydroxylation sites is 1. The van der Waals surface area contributed by atoms with Gasteiger partial charge >= 0.3 is 0 Å². The summed E-state index contributed by atoms with van der Waals surface area (Å²) >= 11 is 1.70. The number of thiophene rings is 1. The summed E-state index contributed by atoms with van der Waals surface area (Å²) in [7, 11) is 0. The molecule has 0 fully saturated rings. The van der Waals surface area contributed by atoms with E-state index in [2.05, 4.69) is 33.9 Å². The van der Waals surface area contributed by atoms with Crippen LogP contribution < -0.4 is 5.32 Å². The average molecular weight is 318 g/mol. The highest BCUT2D eigenvalue weighted by atomic mass is 32.1. The molecule has 0 radical (unpaired) electrons. The number of rotatable bonds is 5. The molecule has 5 heteroatoms. The number of benzene rings is 1. The van der Waals surface area contributed by atoms with Gasteiger partial charge in [-0.2, -0.15) is 10.5 Å². The van der Waals surface area contributed by atoms with Crippen molar-refractivity contribution in [2.45, 2.75) is 5.92 Å². The smallest absolute Gasteiger partial charge is 0.145 e. The molecule has 4 nitrogen and oxygen atoms in total. The number of aromatic nitrogens is 1. The van der Waals surface area contributed by atoms with Gasteiger partial charge < -0.3 is 10.3 Å². The van der Waals surface area contributed by atoms with Crippen molar-refractivity contribution in [3.8, 4) is 12.1 Å². The van der Waals surface area contributed by atoms with Crippen molar-refractivity contribution in [3.63, 3.8) is 0 Å². The van der Waals surface area contributed by atoms with Crippen LogP contribution in [0.25, 0.3) is 10.9 Å². The molecule has 2 aromatic heterocycles. The lowest BCUT2D eigenvalue weighted by Crippen LogP contribution is -2.17. The molecule has 23 heavy (non-hydrogen) atoms. The number of nitriles is 2. The molecule has 0 aliphatic carbocycles. The lowest BCUT2D eigenvalue weighted by atomic mass is 9.97. The summed E-state index contributed by atoms with van der Waals surface area (Å²) in [6.07, 6.45) is 3.52. The van der Waals surface area contributed by atoms with Crippen LogP contribution >= 0.6 is 11.3 Å². The molecule has 1 atom stereocenters. The Labute approximate surface area is 138 Å². The van der Waals surface area contributed by atoms with E-state index in [1.807, 2.05) is 36.5 Å². The Morgan fingerprint density at radius 3 is 2.78 bits per heavy atom. The summed E-state index contributed by atoms with van der Waals surface area (Å²) in [5, 5.41) is 24.0. The zero-order chi connectivity index (χ0) is 16.1. The van der Waals surface area contributed by atoms with E-state index in [4.69, 9.17) is 10.5 Å². The normalized spacial score (nSPS) is 11.4. The van der Waals surface area contributed by atoms with E-state index in [0.29, 0.717) is 6.54 Å². The average Bonchev–Trinajstić information content (AvgIpc) is 3.25. The van der Waals surface area contributed by atoms with E-state index in [9.17, 15) is 0 Å². The Morgan fingerprint density at radius 2 is 2.04 bits per heavy atom. The molecular formula is C18H14N4S. The van der Waals surface area contributed by atoms with Crippen LogP contribution in [0.5, 0.6) is 0 Å². The first-order chi connectivity index (χ1) is 11.3. The fourth-order valence-electron chi connectivity index (χ4n) is 2.60. The van der Waals surface area contributed by atoms with Gasteiger partial charge in [0, 0.05) is 40.6 Å². The van der Waals surface area contributed by atoms with Gasteiger partial charge in [0.05, 0.1) is 0 Å². The first kappa shape index (κ1) is 14.9. The minimum absolute atomic E-state index is 0.0776. The molecule has 0 aliphatic rings. The molecule has 0 aliphatic heterocycles. The third-order valence-electron chi connectivity index (χ3n) is 3.69. The van der Waals surface area contributed by atoms with Crippen molar-refractivity contribution in [1.82, 2.24) is 10.3 Å². The van der Waals surface area contributed by atoms with Gasteiger partial charge in [-0.25, -0.2) is 0 Å². The first-order valence-corrected chi connectivity index (χ1v) is 8.04. The molecule has 0 amide bonds. The van der Waals surface area contributed by atoms with Crippen LogP contribution in [0.3, 0.4) is 0 Å². The predicted molar refractivity (Wildman–Crippen MR) is 91.8 cm³/mol. The van der Waals surface area contributed by atoms with Crippen molar-refractivity contribution in [2.24, 2.45) is 0 Å². The summed E-state index contributed by atoms with van der Waals surface area (Å²) in [6, 6.07) is 16.1. The fourth-order valence-corrected chi connectivity index (χ4v) is 3.45. The molecular weight excluding hydrogens is 304 g/mol. The van der Waals surface area contributed by atoms with E-state index in [0.717, 1.165) is 5.52 Å². The second-order valence-electron chi connectivity index (χ2n) is 5.05. The number of nitrogens with one attached hydrogen (secondary N) is 2. The summed E-state index contributed by atoms with van der Waals surface area (Å²) in [6.45, 7) is 0.620. The second-order valence-corrected chi connectivity index (χ2v) is 6.03. The Hall–Kier alpha value is -3.02. The summed E-state index contributed by atoms with van der Waals surface area (Å²) in [4.78, 5) is 4.55. The van der Waals surface area contributed by atoms with Crippen LogP contribution in [0, 0.1) is 22.7 Å². The number of hydrogen-bond donors (Lipinski definition) is 2. The van der Waals surface area contributed by atoms with Crippen molar-refractivity contribution in [3.05, 3.63) is 70.2 Å². The first-order valence-electron chi connectivity index (χ1n) is 7.16. The van der Waals surface area contributed by atoms with Crippen LogP contribution in [0.4, 0.5) is 0 Å². The minimum atomic E-state index is 0.0776. The lowest BCUT2D eigenvalue weighted by Gasteiger charge is -2.15. The third kappa shape index (κ3) is 3.11. The Balaban J connectivity index is 1.93. The van der Waals surface area contributed by atoms with Crippen molar-refractivity contribution in [1.29, 1.82) is 10.5 Å². The lowest BCUT2D eigenvalue weighted by molar-refractivity contribution is 0.748. The predicted octanol–water partition coefficient (Wildman–Crippen LogP) is 3.88. The van der Waals surface area contributed by atoms with Gasteiger partial charge in [0.2, 0.25) is 0 Å². The van der Waals surface area contributed by atoms with Crippen LogP contribution in [-0.2, 0) is 0 Å². The largest absolute Gasteiger partial charge is 0.388 e. The number of fused-ring (bicyclic) bond motifs is 1. The molecule has 112 valence electrons. The Bertz CT molecular complexity index is 891. The Morgan fingerprint density at radius 1 is 1.22 bits per heavy atom. The van der Waals surface area contributed by atoms with Crippen molar-refractivity contribution >= 4 is 22.2 Å². The quantitative estimate of drug-likeness (QED) is 0.701. The van der Waals surface area contributed by atoms with E-state index in [-0.39, 0.29) is 11.5 Å². The van der Waals surface area contributed by atoms with E-state index in [1.165, 1.54) is 22.0 Å².